The van der Waals surface area contributed by atoms with Gasteiger partial charge in [0.2, 0.25) is 0 Å². The number of carbonyl (C=O) groups is 1. The number of aromatic nitrogens is 4. The van der Waals surface area contributed by atoms with Gasteiger partial charge in [-0.25, -0.2) is 4.98 Å². The van der Waals surface area contributed by atoms with Crippen LogP contribution in [0.5, 0.6) is 0 Å². The maximum Gasteiger partial charge on any atom is 0.416 e. The summed E-state index contributed by atoms with van der Waals surface area (Å²) in [5.41, 5.74) is 1.69. The van der Waals surface area contributed by atoms with Gasteiger partial charge in [0.1, 0.15) is 16.5 Å². The van der Waals surface area contributed by atoms with Gasteiger partial charge < -0.3 is 9.80 Å². The molecule has 3 aromatic carbocycles. The summed E-state index contributed by atoms with van der Waals surface area (Å²) in [5.74, 6) is 0.651. The molecular weight excluding hydrogens is 640 g/mol. The zero-order chi connectivity index (χ0) is 32.3. The summed E-state index contributed by atoms with van der Waals surface area (Å²) >= 11 is 2.61. The molecule has 46 heavy (non-hydrogen) atoms. The first-order valence-electron chi connectivity index (χ1n) is 14.2. The van der Waals surface area contributed by atoms with Crippen LogP contribution in [-0.2, 0) is 18.3 Å². The summed E-state index contributed by atoms with van der Waals surface area (Å²) in [4.78, 5) is 32.1. The molecular formula is C31H26F3N7O3S2. The van der Waals surface area contributed by atoms with Gasteiger partial charge in [0.15, 0.2) is 5.16 Å². The minimum absolute atomic E-state index is 0.0265. The largest absolute Gasteiger partial charge is 0.416 e. The standard InChI is InChI=1S/C31H26F3N7O3S2/c32-31(33,34)22-7-4-8-25(18-22)40-27(17-21-5-2-1-3-6-21)36-37-30(40)46-20-28-35-26(19-45-28)29(42)39-15-13-38(14-16-39)23-9-11-24(12-10-23)41(43)44/h1-12,18-19H,13-17,20H2. The number of halogens is 3. The van der Waals surface area contributed by atoms with Crippen LogP contribution in [0.25, 0.3) is 5.69 Å². The van der Waals surface area contributed by atoms with Gasteiger partial charge in [0.05, 0.1) is 21.9 Å². The highest BCUT2D eigenvalue weighted by Gasteiger charge is 2.31. The molecule has 0 unspecified atom stereocenters. The van der Waals surface area contributed by atoms with Crippen LogP contribution >= 0.6 is 23.1 Å². The number of non-ortho nitro benzene ring substituents is 1. The molecule has 0 atom stereocenters. The number of carbonyl (C=O) groups excluding carboxylic acids is 1. The Morgan fingerprint density at radius 2 is 1.67 bits per heavy atom. The summed E-state index contributed by atoms with van der Waals surface area (Å²) in [7, 11) is 0. The van der Waals surface area contributed by atoms with Crippen LogP contribution in [0, 0.1) is 10.1 Å². The monoisotopic (exact) mass is 665 g/mol. The molecule has 0 N–H and O–H groups in total. The number of nitro benzene ring substituents is 1. The number of thiazole rings is 1. The van der Waals surface area contributed by atoms with E-state index in [1.807, 2.05) is 30.3 Å². The summed E-state index contributed by atoms with van der Waals surface area (Å²) in [5, 5.41) is 22.4. The van der Waals surface area contributed by atoms with Crippen LogP contribution in [0.2, 0.25) is 0 Å². The fourth-order valence-corrected chi connectivity index (χ4v) is 6.84. The van der Waals surface area contributed by atoms with Crippen molar-refractivity contribution in [3.63, 3.8) is 0 Å². The Labute approximate surface area is 269 Å². The molecule has 1 aliphatic rings. The minimum atomic E-state index is -4.50. The molecule has 1 amide bonds. The number of nitro groups is 1. The normalized spacial score (nSPS) is 13.6. The number of thioether (sulfide) groups is 1. The van der Waals surface area contributed by atoms with Crippen molar-refractivity contribution in [1.82, 2.24) is 24.6 Å². The van der Waals surface area contributed by atoms with Crippen molar-refractivity contribution in [2.75, 3.05) is 31.1 Å². The van der Waals surface area contributed by atoms with Crippen molar-refractivity contribution in [3.05, 3.63) is 122 Å². The van der Waals surface area contributed by atoms with E-state index in [2.05, 4.69) is 20.1 Å². The lowest BCUT2D eigenvalue weighted by Crippen LogP contribution is -2.48. The van der Waals surface area contributed by atoms with E-state index in [-0.39, 0.29) is 11.6 Å². The molecule has 1 aliphatic heterocycles. The Bertz CT molecular complexity index is 1840. The van der Waals surface area contributed by atoms with E-state index >= 15 is 0 Å². The Balaban J connectivity index is 1.13. The van der Waals surface area contributed by atoms with E-state index in [0.717, 1.165) is 23.4 Å². The third-order valence-electron chi connectivity index (χ3n) is 7.43. The van der Waals surface area contributed by atoms with Crippen LogP contribution in [0.15, 0.2) is 89.4 Å². The van der Waals surface area contributed by atoms with Crippen molar-refractivity contribution in [3.8, 4) is 5.69 Å². The van der Waals surface area contributed by atoms with Gasteiger partial charge in [-0.1, -0.05) is 48.2 Å². The second kappa shape index (κ2) is 13.3. The number of rotatable bonds is 9. The predicted octanol–water partition coefficient (Wildman–Crippen LogP) is 6.50. The molecule has 236 valence electrons. The topological polar surface area (TPSA) is 110 Å². The first kappa shape index (κ1) is 31.2. The van der Waals surface area contributed by atoms with Crippen LogP contribution < -0.4 is 4.90 Å². The zero-order valence-electron chi connectivity index (χ0n) is 24.1. The summed E-state index contributed by atoms with van der Waals surface area (Å²) in [6.45, 7) is 2.10. The van der Waals surface area contributed by atoms with E-state index in [1.54, 1.807) is 33.0 Å². The highest BCUT2D eigenvalue weighted by atomic mass is 32.2. The second-order valence-electron chi connectivity index (χ2n) is 10.4. The quantitative estimate of drug-likeness (QED) is 0.0998. The summed E-state index contributed by atoms with van der Waals surface area (Å²) in [6.07, 6.45) is -4.13. The smallest absolute Gasteiger partial charge is 0.368 e. The molecule has 0 saturated carbocycles. The van der Waals surface area contributed by atoms with Crippen molar-refractivity contribution >= 4 is 40.4 Å². The van der Waals surface area contributed by atoms with E-state index in [0.29, 0.717) is 65.7 Å². The fourth-order valence-electron chi connectivity index (χ4n) is 5.08. The average Bonchev–Trinajstić information content (AvgIpc) is 3.71. The van der Waals surface area contributed by atoms with E-state index < -0.39 is 16.7 Å². The molecule has 0 bridgehead atoms. The maximum atomic E-state index is 13.6. The number of hydrogen-bond donors (Lipinski definition) is 0. The van der Waals surface area contributed by atoms with Gasteiger partial charge in [0.25, 0.3) is 11.6 Å². The minimum Gasteiger partial charge on any atom is -0.368 e. The molecule has 10 nitrogen and oxygen atoms in total. The second-order valence-corrected chi connectivity index (χ2v) is 12.3. The van der Waals surface area contributed by atoms with Crippen molar-refractivity contribution < 1.29 is 22.9 Å². The lowest BCUT2D eigenvalue weighted by atomic mass is 10.1. The van der Waals surface area contributed by atoms with Crippen LogP contribution in [0.3, 0.4) is 0 Å². The number of hydrogen-bond acceptors (Lipinski definition) is 9. The molecule has 6 rings (SSSR count). The van der Waals surface area contributed by atoms with Crippen molar-refractivity contribution in [1.29, 1.82) is 0 Å². The third-order valence-corrected chi connectivity index (χ3v) is 9.40. The zero-order valence-corrected chi connectivity index (χ0v) is 25.8. The molecule has 0 spiro atoms. The first-order valence-corrected chi connectivity index (χ1v) is 16.0. The molecule has 0 radical (unpaired) electrons. The Morgan fingerprint density at radius 1 is 0.935 bits per heavy atom. The molecule has 1 fully saturated rings. The number of amides is 1. The lowest BCUT2D eigenvalue weighted by molar-refractivity contribution is -0.384. The van der Waals surface area contributed by atoms with Gasteiger partial charge in [0, 0.05) is 55.8 Å². The SMILES string of the molecule is O=C(c1csc(CSc2nnc(Cc3ccccc3)n2-c2cccc(C(F)(F)F)c2)n1)N1CCN(c2ccc([N+](=O)[O-])cc2)CC1. The lowest BCUT2D eigenvalue weighted by Gasteiger charge is -2.35. The highest BCUT2D eigenvalue weighted by Crippen LogP contribution is 2.33. The van der Waals surface area contributed by atoms with Gasteiger partial charge in [-0.2, -0.15) is 13.2 Å². The van der Waals surface area contributed by atoms with Gasteiger partial charge in [-0.05, 0) is 35.9 Å². The Morgan fingerprint density at radius 3 is 2.37 bits per heavy atom. The molecule has 0 aliphatic carbocycles. The number of benzene rings is 3. The predicted molar refractivity (Wildman–Crippen MR) is 168 cm³/mol. The number of nitrogens with zero attached hydrogens (tertiary/aromatic N) is 7. The highest BCUT2D eigenvalue weighted by molar-refractivity contribution is 7.98. The van der Waals surface area contributed by atoms with Crippen LogP contribution in [0.1, 0.15) is 32.4 Å². The maximum absolute atomic E-state index is 13.6. The number of anilines is 1. The fraction of sp³-hybridized carbons (Fsp3) is 0.226. The molecule has 1 saturated heterocycles. The summed E-state index contributed by atoms with van der Waals surface area (Å²) < 4.78 is 42.3. The molecule has 5 aromatic rings. The first-order chi connectivity index (χ1) is 22.2. The number of piperazine rings is 1. The number of alkyl halides is 3. The van der Waals surface area contributed by atoms with E-state index in [9.17, 15) is 28.1 Å². The Kier molecular flexibility index (Phi) is 9.03. The Hall–Kier alpha value is -4.76. The van der Waals surface area contributed by atoms with Crippen LogP contribution in [0.4, 0.5) is 24.5 Å². The third kappa shape index (κ3) is 7.05. The molecule has 2 aromatic heterocycles. The van der Waals surface area contributed by atoms with Gasteiger partial charge in [-0.3, -0.25) is 19.5 Å². The molecule has 3 heterocycles. The van der Waals surface area contributed by atoms with E-state index in [1.165, 1.54) is 41.3 Å². The van der Waals surface area contributed by atoms with Crippen molar-refractivity contribution in [2.24, 2.45) is 0 Å². The van der Waals surface area contributed by atoms with Gasteiger partial charge >= 0.3 is 6.18 Å². The van der Waals surface area contributed by atoms with Crippen LogP contribution in [-0.4, -0.2) is 61.7 Å². The van der Waals surface area contributed by atoms with Crippen molar-refractivity contribution in [2.45, 2.75) is 23.5 Å². The summed E-state index contributed by atoms with van der Waals surface area (Å²) in [6, 6.07) is 20.9. The average molecular weight is 666 g/mol. The molecule has 15 heteroatoms. The van der Waals surface area contributed by atoms with Gasteiger partial charge in [-0.15, -0.1) is 21.5 Å². The van der Waals surface area contributed by atoms with E-state index in [4.69, 9.17) is 0 Å².